The van der Waals surface area contributed by atoms with E-state index < -0.39 is 97.5 Å². The molecule has 5 atom stereocenters. The molecule has 0 saturated carbocycles. The van der Waals surface area contributed by atoms with Gasteiger partial charge in [0.1, 0.15) is 19.3 Å². The van der Waals surface area contributed by atoms with Crippen molar-refractivity contribution in [2.45, 2.75) is 341 Å². The number of allylic oxidation sites excluding steroid dienone is 24. The van der Waals surface area contributed by atoms with Crippen LogP contribution in [0.4, 0.5) is 0 Å². The molecule has 3 N–H and O–H groups in total. The molecule has 0 aliphatic carbocycles. The highest BCUT2D eigenvalue weighted by Crippen LogP contribution is 2.45. The molecule has 0 aromatic rings. The Morgan fingerprint density at radius 2 is 0.491 bits per heavy atom. The molecular formula is C87H146O17P2. The largest absolute Gasteiger partial charge is 0.472 e. The summed E-state index contributed by atoms with van der Waals surface area (Å²) >= 11 is 0. The van der Waals surface area contributed by atoms with E-state index in [0.29, 0.717) is 32.1 Å². The van der Waals surface area contributed by atoms with E-state index in [9.17, 15) is 43.2 Å². The lowest BCUT2D eigenvalue weighted by Gasteiger charge is -2.21. The molecule has 0 heterocycles. The van der Waals surface area contributed by atoms with Gasteiger partial charge in [-0.3, -0.25) is 37.3 Å². The average Bonchev–Trinajstić information content (AvgIpc) is 0.933. The first-order valence-corrected chi connectivity index (χ1v) is 44.1. The lowest BCUT2D eigenvalue weighted by atomic mass is 10.0. The number of carbonyl (C=O) groups excluding carboxylic acids is 4. The van der Waals surface area contributed by atoms with Crippen molar-refractivity contribution in [1.29, 1.82) is 0 Å². The van der Waals surface area contributed by atoms with Crippen LogP contribution < -0.4 is 0 Å². The molecule has 0 aromatic carbocycles. The summed E-state index contributed by atoms with van der Waals surface area (Å²) in [6, 6.07) is 0. The fourth-order valence-electron chi connectivity index (χ4n) is 10.6. The Kier molecular flexibility index (Phi) is 74.3. The number of phosphoric ester groups is 2. The number of esters is 4. The second-order valence-corrected chi connectivity index (χ2v) is 29.9. The maximum atomic E-state index is 13.1. The number of aliphatic hydroxyl groups is 1. The van der Waals surface area contributed by atoms with Gasteiger partial charge in [-0.15, -0.1) is 0 Å². The molecule has 0 saturated heterocycles. The number of hydrogen-bond donors (Lipinski definition) is 3. The summed E-state index contributed by atoms with van der Waals surface area (Å²) in [5.41, 5.74) is 0. The molecule has 0 spiro atoms. The third kappa shape index (κ3) is 77.1. The van der Waals surface area contributed by atoms with Gasteiger partial charge in [-0.05, 0) is 148 Å². The summed E-state index contributed by atoms with van der Waals surface area (Å²) in [6.07, 6.45) is 89.7. The van der Waals surface area contributed by atoms with E-state index in [4.69, 9.17) is 37.0 Å². The fourth-order valence-corrected chi connectivity index (χ4v) is 12.2. The highest BCUT2D eigenvalue weighted by molar-refractivity contribution is 7.47. The Morgan fingerprint density at radius 3 is 0.802 bits per heavy atom. The van der Waals surface area contributed by atoms with E-state index in [1.807, 2.05) is 0 Å². The first-order chi connectivity index (χ1) is 51.7. The van der Waals surface area contributed by atoms with Crippen LogP contribution in [0.25, 0.3) is 0 Å². The molecule has 0 bridgehead atoms. The van der Waals surface area contributed by atoms with E-state index in [0.717, 1.165) is 167 Å². The van der Waals surface area contributed by atoms with Crippen LogP contribution >= 0.6 is 15.6 Å². The number of aliphatic hydroxyl groups excluding tert-OH is 1. The van der Waals surface area contributed by atoms with Gasteiger partial charge in [0.05, 0.1) is 26.4 Å². The topological polar surface area (TPSA) is 237 Å². The molecule has 0 radical (unpaired) electrons. The summed E-state index contributed by atoms with van der Waals surface area (Å²) in [7, 11) is -9.99. The number of unbranched alkanes of at least 4 members (excludes halogenated alkanes) is 26. The Bertz CT molecular complexity index is 2580. The third-order valence-corrected chi connectivity index (χ3v) is 18.7. The number of hydrogen-bond acceptors (Lipinski definition) is 15. The van der Waals surface area contributed by atoms with Crippen LogP contribution in [0.2, 0.25) is 0 Å². The molecule has 0 amide bonds. The summed E-state index contributed by atoms with van der Waals surface area (Å²) in [5.74, 6) is -2.27. The minimum Gasteiger partial charge on any atom is -0.462 e. The van der Waals surface area contributed by atoms with Crippen LogP contribution in [0.5, 0.6) is 0 Å². The van der Waals surface area contributed by atoms with Gasteiger partial charge in [0.15, 0.2) is 12.2 Å². The Labute approximate surface area is 643 Å². The molecule has 17 nitrogen and oxygen atoms in total. The fraction of sp³-hybridized carbons (Fsp3) is 0.678. The number of phosphoric acid groups is 2. The molecule has 0 rings (SSSR count). The zero-order valence-electron chi connectivity index (χ0n) is 66.3. The molecule has 106 heavy (non-hydrogen) atoms. The van der Waals surface area contributed by atoms with Gasteiger partial charge < -0.3 is 33.8 Å². The predicted octanol–water partition coefficient (Wildman–Crippen LogP) is 24.2. The maximum Gasteiger partial charge on any atom is 0.472 e. The highest BCUT2D eigenvalue weighted by Gasteiger charge is 2.30. The van der Waals surface area contributed by atoms with Gasteiger partial charge in [0.25, 0.3) is 0 Å². The SMILES string of the molecule is CC/C=C\C/C=C\C/C=C\C/C=C\C/C=C\CCCCCC(=O)OCC(COP(=O)(O)OCC(O)COP(=O)(O)OCC(COC(=O)CCCCCCCC/C=C\C/C=C\C/C=C\CCCCC)OC(=O)CCCCCCCCCCCCCCC)OC(=O)CCCC/C=C\C/C=C\C/C=C\C/C=C\CC. The lowest BCUT2D eigenvalue weighted by molar-refractivity contribution is -0.161. The lowest BCUT2D eigenvalue weighted by Crippen LogP contribution is -2.30. The van der Waals surface area contributed by atoms with Crippen molar-refractivity contribution in [3.8, 4) is 0 Å². The van der Waals surface area contributed by atoms with E-state index >= 15 is 0 Å². The van der Waals surface area contributed by atoms with Gasteiger partial charge in [-0.25, -0.2) is 9.13 Å². The minimum absolute atomic E-state index is 0.0309. The zero-order valence-corrected chi connectivity index (χ0v) is 68.1. The van der Waals surface area contributed by atoms with Gasteiger partial charge in [0, 0.05) is 25.7 Å². The van der Waals surface area contributed by atoms with Gasteiger partial charge in [0.2, 0.25) is 0 Å². The normalized spacial score (nSPS) is 14.6. The van der Waals surface area contributed by atoms with Crippen molar-refractivity contribution in [1.82, 2.24) is 0 Å². The van der Waals surface area contributed by atoms with E-state index in [1.54, 1.807) is 0 Å². The maximum absolute atomic E-state index is 13.1. The molecule has 0 aliphatic rings. The van der Waals surface area contributed by atoms with Crippen LogP contribution in [-0.4, -0.2) is 96.7 Å². The first kappa shape index (κ1) is 101. The number of carbonyl (C=O) groups is 4. The smallest absolute Gasteiger partial charge is 0.462 e. The van der Waals surface area contributed by atoms with Crippen molar-refractivity contribution >= 4 is 39.5 Å². The van der Waals surface area contributed by atoms with Crippen LogP contribution in [0.3, 0.4) is 0 Å². The molecule has 5 unspecified atom stereocenters. The first-order valence-electron chi connectivity index (χ1n) is 41.1. The number of rotatable bonds is 76. The average molecular weight is 1530 g/mol. The molecule has 0 aromatic heterocycles. The van der Waals surface area contributed by atoms with E-state index in [1.165, 1.54) is 70.6 Å². The van der Waals surface area contributed by atoms with Crippen LogP contribution in [-0.2, 0) is 65.4 Å². The Hall–Kier alpha value is -5.06. The second-order valence-electron chi connectivity index (χ2n) is 27.0. The summed E-state index contributed by atoms with van der Waals surface area (Å²) < 4.78 is 68.6. The van der Waals surface area contributed by atoms with Crippen LogP contribution in [0.1, 0.15) is 323 Å². The van der Waals surface area contributed by atoms with Crippen LogP contribution in [0.15, 0.2) is 146 Å². The Balaban J connectivity index is 5.42. The highest BCUT2D eigenvalue weighted by atomic mass is 31.2. The van der Waals surface area contributed by atoms with Crippen molar-refractivity contribution < 1.29 is 80.2 Å². The summed E-state index contributed by atoms with van der Waals surface area (Å²) in [6.45, 7) is 4.54. The summed E-state index contributed by atoms with van der Waals surface area (Å²) in [4.78, 5) is 73.1. The second kappa shape index (κ2) is 78.1. The zero-order chi connectivity index (χ0) is 77.4. The summed E-state index contributed by atoms with van der Waals surface area (Å²) in [5, 5.41) is 10.7. The monoisotopic (exact) mass is 1530 g/mol. The third-order valence-electron chi connectivity index (χ3n) is 16.8. The molecule has 606 valence electrons. The predicted molar refractivity (Wildman–Crippen MR) is 436 cm³/mol. The van der Waals surface area contributed by atoms with Crippen molar-refractivity contribution in [3.63, 3.8) is 0 Å². The van der Waals surface area contributed by atoms with Gasteiger partial charge >= 0.3 is 39.5 Å². The Morgan fingerprint density at radius 1 is 0.274 bits per heavy atom. The standard InChI is InChI=1S/C87H146O17P2/c1-5-9-13-17-21-25-29-33-36-38-40-42-45-48-51-55-59-63-67-71-84(89)97-77-82(103-86(91)73-69-65-61-57-53-47-32-28-24-20-16-12-8-4)79-101-105(93,94)99-75-81(88)76-100-106(95,96)102-80-83(104-87(92)74-70-66-62-58-54-50-44-35-31-27-23-19-15-11-7-3)78-98-85(90)72-68-64-60-56-52-49-46-43-41-39-37-34-30-26-22-18-14-10-6-2/h10-11,14-15,21-23,25-27,33-37,40-44,49,52,54,58,81-83,88H,5-9,12-13,16-20,24,28-32,38-39,45-48,50-51,53,55-57,59-80H2,1-4H3,(H,93,94)(H,95,96)/b14-10-,15-11-,25-21-,26-22-,27-23-,36-33-,37-34-,42-40-,43-41-,44-35-,52-49-,58-54-. The van der Waals surface area contributed by atoms with E-state index in [2.05, 4.69) is 174 Å². The van der Waals surface area contributed by atoms with Crippen molar-refractivity contribution in [2.75, 3.05) is 39.6 Å². The van der Waals surface area contributed by atoms with Gasteiger partial charge in [-0.2, -0.15) is 0 Å². The minimum atomic E-state index is -5.00. The molecular weight excluding hydrogens is 1380 g/mol. The van der Waals surface area contributed by atoms with Gasteiger partial charge in [-0.1, -0.05) is 296 Å². The van der Waals surface area contributed by atoms with Crippen molar-refractivity contribution in [2.24, 2.45) is 0 Å². The number of ether oxygens (including phenoxy) is 4. The molecule has 19 heteroatoms. The molecule has 0 fully saturated rings. The van der Waals surface area contributed by atoms with E-state index in [-0.39, 0.29) is 25.7 Å². The van der Waals surface area contributed by atoms with Crippen LogP contribution in [0, 0.1) is 0 Å². The quantitative estimate of drug-likeness (QED) is 0.0169. The molecule has 0 aliphatic heterocycles. The van der Waals surface area contributed by atoms with Crippen molar-refractivity contribution in [3.05, 3.63) is 146 Å².